The smallest absolute Gasteiger partial charge is 0.255 e. The van der Waals surface area contributed by atoms with E-state index in [0.717, 1.165) is 38.0 Å². The van der Waals surface area contributed by atoms with Crippen LogP contribution in [-0.2, 0) is 0 Å². The summed E-state index contributed by atoms with van der Waals surface area (Å²) in [6, 6.07) is 14.8. The quantitative estimate of drug-likeness (QED) is 0.630. The lowest BCUT2D eigenvalue weighted by atomic mass is 10.1. The highest BCUT2D eigenvalue weighted by atomic mass is 16.2. The lowest BCUT2D eigenvalue weighted by Crippen LogP contribution is -2.29. The molecule has 1 heterocycles. The molecule has 0 aromatic heterocycles. The van der Waals surface area contributed by atoms with Crippen molar-refractivity contribution in [3.05, 3.63) is 59.7 Å². The second-order valence-electron chi connectivity index (χ2n) is 7.59. The van der Waals surface area contributed by atoms with Gasteiger partial charge < -0.3 is 15.5 Å². The van der Waals surface area contributed by atoms with Gasteiger partial charge >= 0.3 is 0 Å². The van der Waals surface area contributed by atoms with E-state index < -0.39 is 0 Å². The third-order valence-electron chi connectivity index (χ3n) is 5.30. The summed E-state index contributed by atoms with van der Waals surface area (Å²) in [5.41, 5.74) is 2.94. The number of unbranched alkanes of at least 4 members (excludes halogenated alkanes) is 2. The van der Waals surface area contributed by atoms with E-state index in [1.807, 2.05) is 12.1 Å². The van der Waals surface area contributed by atoms with Gasteiger partial charge in [-0.15, -0.1) is 0 Å². The Hall–Kier alpha value is -2.82. The molecule has 154 valence electrons. The zero-order valence-corrected chi connectivity index (χ0v) is 17.2. The van der Waals surface area contributed by atoms with Crippen LogP contribution in [0.3, 0.4) is 0 Å². The number of carbonyl (C=O) groups excluding carboxylic acids is 2. The van der Waals surface area contributed by atoms with Gasteiger partial charge in [0.25, 0.3) is 11.8 Å². The minimum Gasteiger partial charge on any atom is -0.372 e. The molecule has 0 spiro atoms. The molecule has 2 aromatic rings. The van der Waals surface area contributed by atoms with Gasteiger partial charge in [0.2, 0.25) is 0 Å². The van der Waals surface area contributed by atoms with E-state index in [1.165, 1.54) is 24.9 Å². The molecule has 0 aliphatic carbocycles. The molecule has 2 aromatic carbocycles. The summed E-state index contributed by atoms with van der Waals surface area (Å²) in [5, 5.41) is 5.84. The number of rotatable bonds is 8. The van der Waals surface area contributed by atoms with Crippen LogP contribution in [0.15, 0.2) is 48.5 Å². The molecule has 3 rings (SSSR count). The van der Waals surface area contributed by atoms with Crippen LogP contribution in [0.4, 0.5) is 11.4 Å². The number of carbonyl (C=O) groups is 2. The van der Waals surface area contributed by atoms with Gasteiger partial charge in [-0.3, -0.25) is 9.59 Å². The van der Waals surface area contributed by atoms with E-state index >= 15 is 0 Å². The van der Waals surface area contributed by atoms with Gasteiger partial charge in [-0.25, -0.2) is 0 Å². The van der Waals surface area contributed by atoms with Crippen LogP contribution in [0, 0.1) is 0 Å². The fraction of sp³-hybridized carbons (Fsp3) is 0.417. The first-order valence-electron chi connectivity index (χ1n) is 10.7. The van der Waals surface area contributed by atoms with Crippen LogP contribution in [-0.4, -0.2) is 31.4 Å². The van der Waals surface area contributed by atoms with E-state index in [0.29, 0.717) is 17.7 Å². The Morgan fingerprint density at radius 3 is 2.28 bits per heavy atom. The van der Waals surface area contributed by atoms with Gasteiger partial charge in [-0.1, -0.05) is 25.8 Å². The van der Waals surface area contributed by atoms with E-state index in [2.05, 4.69) is 34.6 Å². The maximum Gasteiger partial charge on any atom is 0.255 e. The van der Waals surface area contributed by atoms with E-state index in [9.17, 15) is 9.59 Å². The summed E-state index contributed by atoms with van der Waals surface area (Å²) in [6.45, 7) is 4.98. The molecule has 0 saturated carbocycles. The van der Waals surface area contributed by atoms with Crippen LogP contribution < -0.4 is 15.5 Å². The third kappa shape index (κ3) is 6.08. The first-order chi connectivity index (χ1) is 14.2. The average Bonchev–Trinajstić information content (AvgIpc) is 2.78. The van der Waals surface area contributed by atoms with Gasteiger partial charge in [0, 0.05) is 42.1 Å². The zero-order chi connectivity index (χ0) is 20.5. The number of anilines is 2. The van der Waals surface area contributed by atoms with Gasteiger partial charge in [-0.2, -0.15) is 0 Å². The molecular formula is C24H31N3O2. The van der Waals surface area contributed by atoms with Crippen LogP contribution in [0.5, 0.6) is 0 Å². The minimum atomic E-state index is -0.212. The van der Waals surface area contributed by atoms with E-state index in [1.54, 1.807) is 24.3 Å². The Balaban J connectivity index is 1.58. The van der Waals surface area contributed by atoms with Crippen LogP contribution >= 0.6 is 0 Å². The molecule has 5 heteroatoms. The number of nitrogens with one attached hydrogen (secondary N) is 2. The summed E-state index contributed by atoms with van der Waals surface area (Å²) < 4.78 is 0. The highest BCUT2D eigenvalue weighted by molar-refractivity contribution is 6.06. The van der Waals surface area contributed by atoms with Crippen molar-refractivity contribution in [2.45, 2.75) is 45.4 Å². The molecule has 0 bridgehead atoms. The van der Waals surface area contributed by atoms with Crippen LogP contribution in [0.2, 0.25) is 0 Å². The van der Waals surface area contributed by atoms with Gasteiger partial charge in [0.15, 0.2) is 0 Å². The molecule has 2 amide bonds. The Morgan fingerprint density at radius 2 is 1.59 bits per heavy atom. The Morgan fingerprint density at radius 1 is 0.897 bits per heavy atom. The van der Waals surface area contributed by atoms with E-state index in [-0.39, 0.29) is 11.8 Å². The van der Waals surface area contributed by atoms with Gasteiger partial charge in [0.1, 0.15) is 0 Å². The molecule has 0 radical (unpaired) electrons. The lowest BCUT2D eigenvalue weighted by Gasteiger charge is -2.28. The first-order valence-corrected chi connectivity index (χ1v) is 10.7. The molecule has 1 saturated heterocycles. The predicted molar refractivity (Wildman–Crippen MR) is 119 cm³/mol. The van der Waals surface area contributed by atoms with Gasteiger partial charge in [-0.05, 0) is 68.1 Å². The van der Waals surface area contributed by atoms with Crippen molar-refractivity contribution in [2.75, 3.05) is 29.9 Å². The summed E-state index contributed by atoms with van der Waals surface area (Å²) in [4.78, 5) is 27.3. The van der Waals surface area contributed by atoms with E-state index in [4.69, 9.17) is 0 Å². The van der Waals surface area contributed by atoms with Crippen molar-refractivity contribution in [3.8, 4) is 0 Å². The van der Waals surface area contributed by atoms with Crippen molar-refractivity contribution >= 4 is 23.2 Å². The average molecular weight is 394 g/mol. The fourth-order valence-corrected chi connectivity index (χ4v) is 3.59. The Kier molecular flexibility index (Phi) is 7.68. The number of hydrogen-bond acceptors (Lipinski definition) is 3. The molecule has 1 aliphatic heterocycles. The van der Waals surface area contributed by atoms with Crippen molar-refractivity contribution in [2.24, 2.45) is 0 Å². The minimum absolute atomic E-state index is 0.137. The van der Waals surface area contributed by atoms with Crippen molar-refractivity contribution in [3.63, 3.8) is 0 Å². The predicted octanol–water partition coefficient (Wildman–Crippen LogP) is 4.85. The molecule has 5 nitrogen and oxygen atoms in total. The maximum atomic E-state index is 12.6. The molecular weight excluding hydrogens is 362 g/mol. The molecule has 29 heavy (non-hydrogen) atoms. The number of hydrogen-bond donors (Lipinski definition) is 2. The zero-order valence-electron chi connectivity index (χ0n) is 17.2. The van der Waals surface area contributed by atoms with Gasteiger partial charge in [0.05, 0.1) is 0 Å². The summed E-state index contributed by atoms with van der Waals surface area (Å²) >= 11 is 0. The molecule has 1 aliphatic rings. The largest absolute Gasteiger partial charge is 0.372 e. The SMILES string of the molecule is CCCCCNC(=O)c1cccc(C(=O)Nc2ccc(N3CCCCC3)cc2)c1. The molecule has 0 unspecified atom stereocenters. The fourth-order valence-electron chi connectivity index (χ4n) is 3.59. The number of nitrogens with zero attached hydrogens (tertiary/aromatic N) is 1. The molecule has 1 fully saturated rings. The van der Waals surface area contributed by atoms with Crippen LogP contribution in [0.25, 0.3) is 0 Å². The molecule has 2 N–H and O–H groups in total. The number of piperidine rings is 1. The Labute approximate surface area is 173 Å². The molecule has 0 atom stereocenters. The van der Waals surface area contributed by atoms with Crippen LogP contribution in [0.1, 0.15) is 66.2 Å². The highest BCUT2D eigenvalue weighted by Gasteiger charge is 2.13. The monoisotopic (exact) mass is 393 g/mol. The highest BCUT2D eigenvalue weighted by Crippen LogP contribution is 2.22. The number of amides is 2. The second-order valence-corrected chi connectivity index (χ2v) is 7.59. The lowest BCUT2D eigenvalue weighted by molar-refractivity contribution is 0.0953. The summed E-state index contributed by atoms with van der Waals surface area (Å²) in [6.07, 6.45) is 6.96. The van der Waals surface area contributed by atoms with Crippen molar-refractivity contribution in [1.82, 2.24) is 5.32 Å². The summed E-state index contributed by atoms with van der Waals surface area (Å²) in [7, 11) is 0. The second kappa shape index (κ2) is 10.6. The van der Waals surface area contributed by atoms with Crippen molar-refractivity contribution in [1.29, 1.82) is 0 Å². The third-order valence-corrected chi connectivity index (χ3v) is 5.30. The summed E-state index contributed by atoms with van der Waals surface area (Å²) in [5.74, 6) is -0.349. The Bertz CT molecular complexity index is 811. The van der Waals surface area contributed by atoms with Crippen molar-refractivity contribution < 1.29 is 9.59 Å². The maximum absolute atomic E-state index is 12.6. The standard InChI is InChI=1S/C24H31N3O2/c1-2-3-5-15-25-23(28)19-9-8-10-20(18-19)24(29)26-21-11-13-22(14-12-21)27-16-6-4-7-17-27/h8-14,18H,2-7,15-17H2,1H3,(H,25,28)(H,26,29). The topological polar surface area (TPSA) is 61.4 Å². The normalized spacial score (nSPS) is 13.8. The first kappa shape index (κ1) is 20.9. The number of benzene rings is 2.